The van der Waals surface area contributed by atoms with Crippen LogP contribution in [0.4, 0.5) is 5.69 Å². The van der Waals surface area contributed by atoms with E-state index in [1.165, 1.54) is 5.56 Å². The van der Waals surface area contributed by atoms with Gasteiger partial charge in [-0.25, -0.2) is 4.98 Å². The van der Waals surface area contributed by atoms with Gasteiger partial charge in [-0.1, -0.05) is 0 Å². The van der Waals surface area contributed by atoms with E-state index in [0.29, 0.717) is 11.6 Å². The van der Waals surface area contributed by atoms with Gasteiger partial charge < -0.3 is 10.2 Å². The number of nitrogen functional groups attached to an aromatic ring is 1. The number of anilines is 1. The molecular formula is C12H10N2OS. The zero-order chi connectivity index (χ0) is 11.1. The molecular weight excluding hydrogens is 220 g/mol. The maximum absolute atomic E-state index is 5.70. The summed E-state index contributed by atoms with van der Waals surface area (Å²) in [5.41, 5.74) is 9.17. The minimum Gasteiger partial charge on any atom is -0.435 e. The Kier molecular flexibility index (Phi) is 1.97. The van der Waals surface area contributed by atoms with E-state index < -0.39 is 0 Å². The quantitative estimate of drug-likeness (QED) is 0.651. The van der Waals surface area contributed by atoms with Crippen LogP contribution in [0.5, 0.6) is 0 Å². The van der Waals surface area contributed by atoms with Gasteiger partial charge in [0.2, 0.25) is 5.89 Å². The second kappa shape index (κ2) is 3.35. The first kappa shape index (κ1) is 9.42. The van der Waals surface area contributed by atoms with Crippen molar-refractivity contribution in [2.24, 2.45) is 0 Å². The molecule has 0 saturated heterocycles. The molecule has 0 radical (unpaired) electrons. The van der Waals surface area contributed by atoms with Gasteiger partial charge in [-0.05, 0) is 42.1 Å². The van der Waals surface area contributed by atoms with E-state index in [1.807, 2.05) is 23.6 Å². The lowest BCUT2D eigenvalue weighted by molar-refractivity contribution is 0.621. The normalized spacial score (nSPS) is 11.1. The first-order valence-electron chi connectivity index (χ1n) is 4.94. The first-order valence-corrected chi connectivity index (χ1v) is 5.82. The van der Waals surface area contributed by atoms with E-state index in [2.05, 4.69) is 18.0 Å². The molecule has 0 aliphatic heterocycles. The molecule has 0 amide bonds. The number of oxazole rings is 1. The van der Waals surface area contributed by atoms with Gasteiger partial charge in [0, 0.05) is 5.69 Å². The van der Waals surface area contributed by atoms with Gasteiger partial charge in [0.1, 0.15) is 5.52 Å². The van der Waals surface area contributed by atoms with Crippen LogP contribution in [0.25, 0.3) is 21.9 Å². The number of rotatable bonds is 1. The third-order valence-corrected chi connectivity index (χ3v) is 3.47. The number of fused-ring (bicyclic) bond motifs is 1. The van der Waals surface area contributed by atoms with E-state index in [1.54, 1.807) is 11.3 Å². The fraction of sp³-hybridized carbons (Fsp3) is 0.0833. The van der Waals surface area contributed by atoms with Crippen LogP contribution in [0.1, 0.15) is 5.56 Å². The summed E-state index contributed by atoms with van der Waals surface area (Å²) in [6.07, 6.45) is 0. The van der Waals surface area contributed by atoms with Crippen LogP contribution in [0.2, 0.25) is 0 Å². The van der Waals surface area contributed by atoms with Crippen molar-refractivity contribution < 1.29 is 4.42 Å². The Morgan fingerprint density at radius 1 is 1.31 bits per heavy atom. The Morgan fingerprint density at radius 3 is 2.94 bits per heavy atom. The van der Waals surface area contributed by atoms with Crippen molar-refractivity contribution in [3.05, 3.63) is 35.2 Å². The number of hydrogen-bond acceptors (Lipinski definition) is 4. The van der Waals surface area contributed by atoms with Gasteiger partial charge in [0.15, 0.2) is 5.58 Å². The fourth-order valence-electron chi connectivity index (χ4n) is 1.63. The van der Waals surface area contributed by atoms with Gasteiger partial charge >= 0.3 is 0 Å². The summed E-state index contributed by atoms with van der Waals surface area (Å²) in [5.74, 6) is 0.674. The zero-order valence-corrected chi connectivity index (χ0v) is 9.54. The van der Waals surface area contributed by atoms with Gasteiger partial charge in [-0.15, -0.1) is 11.3 Å². The summed E-state index contributed by atoms with van der Waals surface area (Å²) in [6, 6.07) is 7.55. The number of aryl methyl sites for hydroxylation is 1. The van der Waals surface area contributed by atoms with Gasteiger partial charge in [0.05, 0.1) is 4.88 Å². The Hall–Kier alpha value is -1.81. The van der Waals surface area contributed by atoms with E-state index >= 15 is 0 Å². The SMILES string of the molecule is Cc1ccsc1-c1nc2cc(N)ccc2o1. The fourth-order valence-corrected chi connectivity index (χ4v) is 2.48. The molecule has 2 N–H and O–H groups in total. The van der Waals surface area contributed by atoms with Crippen molar-refractivity contribution >= 4 is 28.1 Å². The molecule has 80 valence electrons. The summed E-state index contributed by atoms with van der Waals surface area (Å²) in [4.78, 5) is 5.52. The molecule has 1 aromatic carbocycles. The summed E-state index contributed by atoms with van der Waals surface area (Å²) in [5, 5.41) is 2.04. The lowest BCUT2D eigenvalue weighted by atomic mass is 10.3. The molecule has 0 aliphatic carbocycles. The van der Waals surface area contributed by atoms with Crippen LogP contribution in [0, 0.1) is 6.92 Å². The smallest absolute Gasteiger partial charge is 0.237 e. The zero-order valence-electron chi connectivity index (χ0n) is 8.73. The molecule has 2 aromatic heterocycles. The molecule has 16 heavy (non-hydrogen) atoms. The summed E-state index contributed by atoms with van der Waals surface area (Å²) in [6.45, 7) is 2.05. The predicted molar refractivity (Wildman–Crippen MR) is 66.5 cm³/mol. The number of nitrogens with zero attached hydrogens (tertiary/aromatic N) is 1. The van der Waals surface area contributed by atoms with Crippen LogP contribution in [0.15, 0.2) is 34.1 Å². The Morgan fingerprint density at radius 2 is 2.19 bits per heavy atom. The maximum atomic E-state index is 5.70. The van der Waals surface area contributed by atoms with Gasteiger partial charge in [-0.3, -0.25) is 0 Å². The average Bonchev–Trinajstić information content (AvgIpc) is 2.82. The highest BCUT2D eigenvalue weighted by Crippen LogP contribution is 2.31. The minimum atomic E-state index is 0.674. The summed E-state index contributed by atoms with van der Waals surface area (Å²) >= 11 is 1.63. The molecule has 3 nitrogen and oxygen atoms in total. The molecule has 0 atom stereocenters. The van der Waals surface area contributed by atoms with Crippen LogP contribution in [0.3, 0.4) is 0 Å². The molecule has 0 saturated carbocycles. The number of benzene rings is 1. The first-order chi connectivity index (χ1) is 7.74. The predicted octanol–water partition coefficient (Wildman–Crippen LogP) is 3.45. The third kappa shape index (κ3) is 1.39. The lowest BCUT2D eigenvalue weighted by Gasteiger charge is -1.90. The van der Waals surface area contributed by atoms with Crippen molar-refractivity contribution in [1.82, 2.24) is 4.98 Å². The van der Waals surface area contributed by atoms with E-state index in [-0.39, 0.29) is 0 Å². The van der Waals surface area contributed by atoms with Crippen molar-refractivity contribution in [2.75, 3.05) is 5.73 Å². The van der Waals surface area contributed by atoms with Crippen LogP contribution < -0.4 is 5.73 Å². The van der Waals surface area contributed by atoms with Gasteiger partial charge in [0.25, 0.3) is 0 Å². The molecule has 3 rings (SSSR count). The van der Waals surface area contributed by atoms with Crippen molar-refractivity contribution in [2.45, 2.75) is 6.92 Å². The van der Waals surface area contributed by atoms with E-state index in [4.69, 9.17) is 10.2 Å². The average molecular weight is 230 g/mol. The topological polar surface area (TPSA) is 52.0 Å². The lowest BCUT2D eigenvalue weighted by Crippen LogP contribution is -1.82. The van der Waals surface area contributed by atoms with Crippen molar-refractivity contribution in [1.29, 1.82) is 0 Å². The monoisotopic (exact) mass is 230 g/mol. The highest BCUT2D eigenvalue weighted by Gasteiger charge is 2.11. The van der Waals surface area contributed by atoms with Crippen molar-refractivity contribution in [3.8, 4) is 10.8 Å². The molecule has 3 aromatic rings. The second-order valence-electron chi connectivity index (χ2n) is 3.68. The Bertz CT molecular complexity index is 654. The van der Waals surface area contributed by atoms with E-state index in [9.17, 15) is 0 Å². The highest BCUT2D eigenvalue weighted by molar-refractivity contribution is 7.13. The molecule has 0 fully saturated rings. The summed E-state index contributed by atoms with van der Waals surface area (Å²) in [7, 11) is 0. The number of nitrogens with two attached hydrogens (primary N) is 1. The Labute approximate surface area is 96.5 Å². The summed E-state index contributed by atoms with van der Waals surface area (Å²) < 4.78 is 5.69. The molecule has 4 heteroatoms. The second-order valence-corrected chi connectivity index (χ2v) is 4.60. The van der Waals surface area contributed by atoms with Crippen molar-refractivity contribution in [3.63, 3.8) is 0 Å². The van der Waals surface area contributed by atoms with E-state index in [0.717, 1.165) is 16.0 Å². The highest BCUT2D eigenvalue weighted by atomic mass is 32.1. The largest absolute Gasteiger partial charge is 0.435 e. The number of hydrogen-bond donors (Lipinski definition) is 1. The molecule has 0 bridgehead atoms. The Balaban J connectivity index is 2.23. The molecule has 2 heterocycles. The number of aromatic nitrogens is 1. The molecule has 0 aliphatic rings. The minimum absolute atomic E-state index is 0.674. The van der Waals surface area contributed by atoms with Crippen LogP contribution >= 0.6 is 11.3 Å². The van der Waals surface area contributed by atoms with Crippen LogP contribution in [-0.4, -0.2) is 4.98 Å². The van der Waals surface area contributed by atoms with Gasteiger partial charge in [-0.2, -0.15) is 0 Å². The standard InChI is InChI=1S/C12H10N2OS/c1-7-4-5-16-11(7)12-14-9-6-8(13)2-3-10(9)15-12/h2-6H,13H2,1H3. The van der Waals surface area contributed by atoms with Crippen LogP contribution in [-0.2, 0) is 0 Å². The number of thiophene rings is 1. The molecule has 0 unspecified atom stereocenters. The third-order valence-electron chi connectivity index (χ3n) is 2.47. The molecule has 0 spiro atoms. The maximum Gasteiger partial charge on any atom is 0.237 e.